The standard InChI is InChI=1S/C15H17BrN4O/c1-11-17-14(16)10-15(18-11)19-12-2-4-13(5-3-12)20-6-8-21-9-7-20/h2-5,10H,6-9H2,1H3,(H,17,18,19). The van der Waals surface area contributed by atoms with Crippen molar-refractivity contribution in [1.29, 1.82) is 0 Å². The lowest BCUT2D eigenvalue weighted by atomic mass is 10.2. The Hall–Kier alpha value is -1.66. The number of nitrogens with one attached hydrogen (secondary N) is 1. The highest BCUT2D eigenvalue weighted by Gasteiger charge is 2.10. The van der Waals surface area contributed by atoms with Gasteiger partial charge < -0.3 is 15.0 Å². The second kappa shape index (κ2) is 6.41. The van der Waals surface area contributed by atoms with E-state index in [1.54, 1.807) is 0 Å². The molecule has 6 heteroatoms. The summed E-state index contributed by atoms with van der Waals surface area (Å²) in [7, 11) is 0. The van der Waals surface area contributed by atoms with Crippen LogP contribution in [0.4, 0.5) is 17.2 Å². The lowest BCUT2D eigenvalue weighted by Gasteiger charge is -2.28. The van der Waals surface area contributed by atoms with Crippen LogP contribution < -0.4 is 10.2 Å². The zero-order chi connectivity index (χ0) is 14.7. The first kappa shape index (κ1) is 14.3. The maximum Gasteiger partial charge on any atom is 0.135 e. The Bertz CT molecular complexity index is 591. The molecule has 1 saturated heterocycles. The van der Waals surface area contributed by atoms with Gasteiger partial charge in [-0.1, -0.05) is 0 Å². The molecule has 1 N–H and O–H groups in total. The minimum absolute atomic E-state index is 0.733. The SMILES string of the molecule is Cc1nc(Br)cc(Nc2ccc(N3CCOCC3)cc2)n1. The van der Waals surface area contributed by atoms with E-state index in [4.69, 9.17) is 4.74 Å². The summed E-state index contributed by atoms with van der Waals surface area (Å²) in [5.41, 5.74) is 2.24. The Balaban J connectivity index is 1.71. The highest BCUT2D eigenvalue weighted by atomic mass is 79.9. The van der Waals surface area contributed by atoms with Crippen molar-refractivity contribution < 1.29 is 4.74 Å². The van der Waals surface area contributed by atoms with Gasteiger partial charge in [0.05, 0.1) is 13.2 Å². The molecule has 21 heavy (non-hydrogen) atoms. The molecule has 2 aromatic rings. The summed E-state index contributed by atoms with van der Waals surface area (Å²) in [6, 6.07) is 10.2. The summed E-state index contributed by atoms with van der Waals surface area (Å²) in [4.78, 5) is 10.9. The molecule has 0 bridgehead atoms. The van der Waals surface area contributed by atoms with E-state index < -0.39 is 0 Å². The third kappa shape index (κ3) is 3.71. The number of anilines is 3. The van der Waals surface area contributed by atoms with E-state index in [-0.39, 0.29) is 0 Å². The molecule has 1 aromatic carbocycles. The Morgan fingerprint density at radius 2 is 1.86 bits per heavy atom. The van der Waals surface area contributed by atoms with Crippen LogP contribution in [0.3, 0.4) is 0 Å². The predicted octanol–water partition coefficient (Wildman–Crippen LogP) is 3.13. The van der Waals surface area contributed by atoms with E-state index in [0.29, 0.717) is 0 Å². The van der Waals surface area contributed by atoms with Crippen LogP contribution in [-0.4, -0.2) is 36.3 Å². The van der Waals surface area contributed by atoms with Crippen molar-refractivity contribution in [2.24, 2.45) is 0 Å². The minimum Gasteiger partial charge on any atom is -0.378 e. The van der Waals surface area contributed by atoms with Gasteiger partial charge >= 0.3 is 0 Å². The summed E-state index contributed by atoms with van der Waals surface area (Å²) >= 11 is 3.38. The van der Waals surface area contributed by atoms with Crippen LogP contribution in [-0.2, 0) is 4.74 Å². The summed E-state index contributed by atoms with van der Waals surface area (Å²) in [5, 5.41) is 3.29. The molecule has 0 spiro atoms. The van der Waals surface area contributed by atoms with E-state index in [1.807, 2.05) is 13.0 Å². The number of benzene rings is 1. The number of hydrogen-bond acceptors (Lipinski definition) is 5. The molecule has 1 aliphatic heterocycles. The van der Waals surface area contributed by atoms with Crippen LogP contribution in [0.5, 0.6) is 0 Å². The molecule has 0 unspecified atom stereocenters. The number of nitrogens with zero attached hydrogens (tertiary/aromatic N) is 3. The maximum absolute atomic E-state index is 5.37. The van der Waals surface area contributed by atoms with Crippen molar-refractivity contribution in [1.82, 2.24) is 9.97 Å². The van der Waals surface area contributed by atoms with Gasteiger partial charge in [0.1, 0.15) is 16.2 Å². The van der Waals surface area contributed by atoms with Gasteiger partial charge in [-0.2, -0.15) is 0 Å². The molecule has 1 fully saturated rings. The van der Waals surface area contributed by atoms with E-state index in [0.717, 1.165) is 48.2 Å². The minimum atomic E-state index is 0.733. The van der Waals surface area contributed by atoms with Gasteiger partial charge in [-0.3, -0.25) is 0 Å². The molecule has 0 aliphatic carbocycles. The molecule has 0 atom stereocenters. The number of aromatic nitrogens is 2. The first-order chi connectivity index (χ1) is 10.2. The summed E-state index contributed by atoms with van der Waals surface area (Å²) < 4.78 is 6.15. The molecule has 0 radical (unpaired) electrons. The number of ether oxygens (including phenoxy) is 1. The maximum atomic E-state index is 5.37. The average molecular weight is 349 g/mol. The fourth-order valence-corrected chi connectivity index (χ4v) is 2.79. The van der Waals surface area contributed by atoms with Gasteiger partial charge in [0.15, 0.2) is 0 Å². The summed E-state index contributed by atoms with van der Waals surface area (Å²) in [6.07, 6.45) is 0. The monoisotopic (exact) mass is 348 g/mol. The number of hydrogen-bond donors (Lipinski definition) is 1. The quantitative estimate of drug-likeness (QED) is 0.863. The third-order valence-electron chi connectivity index (χ3n) is 3.32. The topological polar surface area (TPSA) is 50.3 Å². The van der Waals surface area contributed by atoms with Crippen molar-refractivity contribution in [2.45, 2.75) is 6.92 Å². The average Bonchev–Trinajstić information content (AvgIpc) is 2.48. The second-order valence-corrected chi connectivity index (χ2v) is 5.71. The fourth-order valence-electron chi connectivity index (χ4n) is 2.32. The first-order valence-corrected chi connectivity index (χ1v) is 7.71. The molecule has 110 valence electrons. The summed E-state index contributed by atoms with van der Waals surface area (Å²) in [6.45, 7) is 5.37. The Morgan fingerprint density at radius 1 is 1.14 bits per heavy atom. The first-order valence-electron chi connectivity index (χ1n) is 6.92. The molecule has 2 heterocycles. The van der Waals surface area contributed by atoms with Gasteiger partial charge in [0.2, 0.25) is 0 Å². The largest absolute Gasteiger partial charge is 0.378 e. The zero-order valence-electron chi connectivity index (χ0n) is 11.8. The Labute approximate surface area is 132 Å². The zero-order valence-corrected chi connectivity index (χ0v) is 13.4. The molecular weight excluding hydrogens is 332 g/mol. The van der Waals surface area contributed by atoms with Crippen molar-refractivity contribution >= 4 is 33.1 Å². The van der Waals surface area contributed by atoms with Crippen LogP contribution in [0.2, 0.25) is 0 Å². The molecule has 5 nitrogen and oxygen atoms in total. The molecule has 3 rings (SSSR count). The number of morpholine rings is 1. The predicted molar refractivity (Wildman–Crippen MR) is 87.2 cm³/mol. The van der Waals surface area contributed by atoms with E-state index in [2.05, 4.69) is 60.4 Å². The number of aryl methyl sites for hydroxylation is 1. The Morgan fingerprint density at radius 3 is 2.52 bits per heavy atom. The second-order valence-electron chi connectivity index (χ2n) is 4.89. The van der Waals surface area contributed by atoms with Crippen LogP contribution in [0.25, 0.3) is 0 Å². The van der Waals surface area contributed by atoms with E-state index in [1.165, 1.54) is 5.69 Å². The van der Waals surface area contributed by atoms with Gasteiger partial charge in [-0.25, -0.2) is 9.97 Å². The van der Waals surface area contributed by atoms with Crippen molar-refractivity contribution in [3.8, 4) is 0 Å². The molecule has 0 saturated carbocycles. The highest BCUT2D eigenvalue weighted by molar-refractivity contribution is 9.10. The third-order valence-corrected chi connectivity index (χ3v) is 3.73. The van der Waals surface area contributed by atoms with Crippen LogP contribution in [0.1, 0.15) is 5.82 Å². The summed E-state index contributed by atoms with van der Waals surface area (Å²) in [5.74, 6) is 1.52. The van der Waals surface area contributed by atoms with Crippen LogP contribution in [0.15, 0.2) is 34.9 Å². The van der Waals surface area contributed by atoms with Crippen molar-refractivity contribution in [3.05, 3.63) is 40.8 Å². The van der Waals surface area contributed by atoms with Crippen molar-refractivity contribution in [3.63, 3.8) is 0 Å². The van der Waals surface area contributed by atoms with Gasteiger partial charge in [0, 0.05) is 30.5 Å². The van der Waals surface area contributed by atoms with Crippen LogP contribution >= 0.6 is 15.9 Å². The van der Waals surface area contributed by atoms with Gasteiger partial charge in [-0.15, -0.1) is 0 Å². The normalized spacial score (nSPS) is 15.0. The number of rotatable bonds is 3. The van der Waals surface area contributed by atoms with E-state index >= 15 is 0 Å². The fraction of sp³-hybridized carbons (Fsp3) is 0.333. The molecular formula is C15H17BrN4O. The van der Waals surface area contributed by atoms with Crippen LogP contribution in [0, 0.1) is 6.92 Å². The lowest BCUT2D eigenvalue weighted by molar-refractivity contribution is 0.122. The molecule has 1 aliphatic rings. The molecule has 1 aromatic heterocycles. The molecule has 0 amide bonds. The Kier molecular flexibility index (Phi) is 4.36. The van der Waals surface area contributed by atoms with E-state index in [9.17, 15) is 0 Å². The van der Waals surface area contributed by atoms with Gasteiger partial charge in [-0.05, 0) is 47.1 Å². The van der Waals surface area contributed by atoms with Gasteiger partial charge in [0.25, 0.3) is 0 Å². The number of halogens is 1. The smallest absolute Gasteiger partial charge is 0.135 e. The lowest BCUT2D eigenvalue weighted by Crippen LogP contribution is -2.36. The van der Waals surface area contributed by atoms with Crippen molar-refractivity contribution in [2.75, 3.05) is 36.5 Å². The highest BCUT2D eigenvalue weighted by Crippen LogP contribution is 2.22.